The molecule has 2 aromatic rings. The Morgan fingerprint density at radius 1 is 1.08 bits per heavy atom. The number of thiophene rings is 1. The number of fused-ring (bicyclic) bond motifs is 4. The highest BCUT2D eigenvalue weighted by Crippen LogP contribution is 2.37. The normalized spacial score (nSPS) is 16.0. The fraction of sp³-hybridized carbons (Fsp3) is 0.273. The lowest BCUT2D eigenvalue weighted by Gasteiger charge is -2.16. The Morgan fingerprint density at radius 3 is 2.85 bits per heavy atom. The van der Waals surface area contributed by atoms with Crippen molar-refractivity contribution in [2.75, 3.05) is 33.9 Å². The molecule has 0 bridgehead atoms. The van der Waals surface area contributed by atoms with Gasteiger partial charge in [0.2, 0.25) is 0 Å². The van der Waals surface area contributed by atoms with Crippen LogP contribution in [0.1, 0.15) is 6.42 Å². The molecule has 2 aliphatic rings. The second kappa shape index (κ2) is 7.97. The third-order valence-corrected chi connectivity index (χ3v) is 6.75. The first-order valence-electron chi connectivity index (χ1n) is 8.94. The van der Waals surface area contributed by atoms with Gasteiger partial charge in [0, 0.05) is 36.3 Å². The number of ether oxygens (including phenoxy) is 1. The molecule has 0 saturated heterocycles. The Balaban J connectivity index is 1.61. The second-order valence-electron chi connectivity index (χ2n) is 6.76. The number of nitrogens with zero attached hydrogens (tertiary/aromatic N) is 1. The van der Waals surface area contributed by atoms with Crippen LogP contribution in [0.3, 0.4) is 0 Å². The minimum absolute atomic E-state index is 0.691. The molecule has 0 unspecified atom stereocenters. The molecule has 0 N–H and O–H groups in total. The summed E-state index contributed by atoms with van der Waals surface area (Å²) in [5, 5.41) is 2.74. The average molecular weight is 382 g/mol. The molecule has 4 heteroatoms. The fourth-order valence-electron chi connectivity index (χ4n) is 3.20. The summed E-state index contributed by atoms with van der Waals surface area (Å²) in [6.45, 7) is 2.57. The van der Waals surface area contributed by atoms with Gasteiger partial charge < -0.3 is 9.64 Å². The zero-order valence-corrected chi connectivity index (χ0v) is 16.8. The van der Waals surface area contributed by atoms with Crippen LogP contribution in [0, 0.1) is 0 Å². The van der Waals surface area contributed by atoms with Crippen molar-refractivity contribution in [2.24, 2.45) is 0 Å². The summed E-state index contributed by atoms with van der Waals surface area (Å²) in [5.74, 6) is 0. The molecule has 1 aliphatic heterocycles. The maximum atomic E-state index is 5.91. The number of hydrogen-bond acceptors (Lipinski definition) is 4. The Labute approximate surface area is 162 Å². The monoisotopic (exact) mass is 381 g/mol. The van der Waals surface area contributed by atoms with Crippen LogP contribution >= 0.6 is 23.1 Å². The number of rotatable bonds is 6. The first-order chi connectivity index (χ1) is 12.7. The lowest BCUT2D eigenvalue weighted by Crippen LogP contribution is -2.21. The Bertz CT molecular complexity index is 1020. The van der Waals surface area contributed by atoms with Gasteiger partial charge in [-0.3, -0.25) is 0 Å². The predicted molar refractivity (Wildman–Crippen MR) is 116 cm³/mol. The zero-order valence-electron chi connectivity index (χ0n) is 15.2. The predicted octanol–water partition coefficient (Wildman–Crippen LogP) is 3.89. The third-order valence-electron chi connectivity index (χ3n) is 4.46. The fourth-order valence-corrected chi connectivity index (χ4v) is 5.50. The molecule has 0 radical (unpaired) electrons. The molecule has 4 rings (SSSR count). The van der Waals surface area contributed by atoms with Crippen LogP contribution in [0.4, 0.5) is 0 Å². The average Bonchev–Trinajstić information content (AvgIpc) is 2.90. The molecule has 0 spiro atoms. The summed E-state index contributed by atoms with van der Waals surface area (Å²) in [6, 6.07) is 8.71. The summed E-state index contributed by atoms with van der Waals surface area (Å²) in [5.41, 5.74) is 1.30. The highest BCUT2D eigenvalue weighted by atomic mass is 32.2. The van der Waals surface area contributed by atoms with Gasteiger partial charge in [-0.2, -0.15) is 0 Å². The van der Waals surface area contributed by atoms with Gasteiger partial charge in [0.05, 0.1) is 6.61 Å². The molecule has 2 nitrogen and oxygen atoms in total. The molecule has 1 aliphatic carbocycles. The van der Waals surface area contributed by atoms with E-state index in [1.165, 1.54) is 35.2 Å². The molecule has 26 heavy (non-hydrogen) atoms. The van der Waals surface area contributed by atoms with Crippen molar-refractivity contribution < 1.29 is 4.74 Å². The van der Waals surface area contributed by atoms with E-state index in [-0.39, 0.29) is 0 Å². The van der Waals surface area contributed by atoms with E-state index in [1.807, 2.05) is 23.1 Å². The van der Waals surface area contributed by atoms with E-state index in [1.54, 1.807) is 0 Å². The van der Waals surface area contributed by atoms with Crippen molar-refractivity contribution in [3.05, 3.63) is 68.8 Å². The van der Waals surface area contributed by atoms with Gasteiger partial charge in [0.15, 0.2) is 0 Å². The largest absolute Gasteiger partial charge is 0.376 e. The summed E-state index contributed by atoms with van der Waals surface area (Å²) >= 11 is 3.74. The van der Waals surface area contributed by atoms with Crippen molar-refractivity contribution in [1.82, 2.24) is 4.90 Å². The second-order valence-corrected chi connectivity index (χ2v) is 8.98. The molecule has 0 amide bonds. The van der Waals surface area contributed by atoms with Crippen LogP contribution in [0.15, 0.2) is 59.0 Å². The molecular weight excluding hydrogens is 358 g/mol. The standard InChI is InChI=1S/C22H23NOS2/c1-23(2)13-6-14-24-15-17-12-11-16-7-5-10-20-21(22(16)25-17)18-8-3-4-9-19(18)26-20/h3-5,7-12H,6,13-15H2,1-2H3. The molecule has 0 atom stereocenters. The van der Waals surface area contributed by atoms with Gasteiger partial charge in [-0.25, -0.2) is 0 Å². The topological polar surface area (TPSA) is 12.5 Å². The Morgan fingerprint density at radius 2 is 1.96 bits per heavy atom. The lowest BCUT2D eigenvalue weighted by atomic mass is 10.1. The van der Waals surface area contributed by atoms with Gasteiger partial charge in [0.1, 0.15) is 0 Å². The quantitative estimate of drug-likeness (QED) is 0.705. The molecule has 1 aromatic carbocycles. The van der Waals surface area contributed by atoms with Gasteiger partial charge in [0.25, 0.3) is 0 Å². The van der Waals surface area contributed by atoms with Crippen molar-refractivity contribution in [2.45, 2.75) is 6.42 Å². The molecule has 0 fully saturated rings. The summed E-state index contributed by atoms with van der Waals surface area (Å²) < 4.78 is 8.61. The van der Waals surface area contributed by atoms with Crippen LogP contribution in [-0.2, 0) is 4.74 Å². The Kier molecular flexibility index (Phi) is 5.46. The smallest absolute Gasteiger partial charge is 0.0779 e. The lowest BCUT2D eigenvalue weighted by molar-refractivity contribution is 0.150. The van der Waals surface area contributed by atoms with E-state index in [4.69, 9.17) is 4.74 Å². The zero-order chi connectivity index (χ0) is 17.9. The molecular formula is C22H23NOS2. The van der Waals surface area contributed by atoms with E-state index in [0.29, 0.717) is 6.61 Å². The first-order valence-corrected chi connectivity index (χ1v) is 10.6. The van der Waals surface area contributed by atoms with E-state index >= 15 is 0 Å². The van der Waals surface area contributed by atoms with Crippen LogP contribution in [0.2, 0.25) is 0 Å². The SMILES string of the molecule is CN(C)CCCOCC1=CC=C2C=CC=c3sc4ccccc4c3=C2S1. The Hall–Kier alpha value is -1.59. The van der Waals surface area contributed by atoms with E-state index < -0.39 is 0 Å². The highest BCUT2D eigenvalue weighted by molar-refractivity contribution is 8.11. The van der Waals surface area contributed by atoms with Gasteiger partial charge in [-0.05, 0) is 50.9 Å². The number of benzene rings is 1. The van der Waals surface area contributed by atoms with Crippen molar-refractivity contribution in [3.63, 3.8) is 0 Å². The minimum atomic E-state index is 0.691. The van der Waals surface area contributed by atoms with Crippen LogP contribution in [-0.4, -0.2) is 38.8 Å². The summed E-state index contributed by atoms with van der Waals surface area (Å²) in [7, 11) is 4.20. The van der Waals surface area contributed by atoms with Gasteiger partial charge in [-0.15, -0.1) is 11.3 Å². The molecule has 2 heterocycles. The van der Waals surface area contributed by atoms with E-state index in [2.05, 4.69) is 73.6 Å². The minimum Gasteiger partial charge on any atom is -0.376 e. The van der Waals surface area contributed by atoms with Crippen LogP contribution in [0.25, 0.3) is 21.1 Å². The van der Waals surface area contributed by atoms with Gasteiger partial charge >= 0.3 is 0 Å². The summed E-state index contributed by atoms with van der Waals surface area (Å²) in [6.07, 6.45) is 12.1. The van der Waals surface area contributed by atoms with Crippen LogP contribution in [0.5, 0.6) is 0 Å². The maximum absolute atomic E-state index is 5.91. The number of hydrogen-bond donors (Lipinski definition) is 0. The molecule has 134 valence electrons. The third kappa shape index (κ3) is 3.74. The maximum Gasteiger partial charge on any atom is 0.0779 e. The number of thioether (sulfide) groups is 1. The van der Waals surface area contributed by atoms with Crippen molar-refractivity contribution >= 4 is 44.2 Å². The van der Waals surface area contributed by atoms with E-state index in [0.717, 1.165) is 19.6 Å². The van der Waals surface area contributed by atoms with Crippen LogP contribution < -0.4 is 9.75 Å². The highest BCUT2D eigenvalue weighted by Gasteiger charge is 2.16. The van der Waals surface area contributed by atoms with E-state index in [9.17, 15) is 0 Å². The van der Waals surface area contributed by atoms with Crippen molar-refractivity contribution in [3.8, 4) is 0 Å². The van der Waals surface area contributed by atoms with Crippen molar-refractivity contribution in [1.29, 1.82) is 0 Å². The summed E-state index contributed by atoms with van der Waals surface area (Å²) in [4.78, 5) is 4.84. The van der Waals surface area contributed by atoms with Gasteiger partial charge in [-0.1, -0.05) is 48.2 Å². The molecule has 1 aromatic heterocycles. The molecule has 0 saturated carbocycles. The number of allylic oxidation sites excluding steroid dienone is 4. The first kappa shape index (κ1) is 17.8.